The number of likely N-dealkylation sites (tertiary alicyclic amines) is 1. The van der Waals surface area contributed by atoms with Gasteiger partial charge >= 0.3 is 0 Å². The molecule has 0 bridgehead atoms. The maximum Gasteiger partial charge on any atom is 0.226 e. The molecule has 3 atom stereocenters. The van der Waals surface area contributed by atoms with Crippen molar-refractivity contribution < 1.29 is 14.6 Å². The first-order chi connectivity index (χ1) is 13.7. The highest BCUT2D eigenvalue weighted by Crippen LogP contribution is 2.49. The molecule has 1 aliphatic carbocycles. The predicted molar refractivity (Wildman–Crippen MR) is 108 cm³/mol. The highest BCUT2D eigenvalue weighted by Gasteiger charge is 2.48. The summed E-state index contributed by atoms with van der Waals surface area (Å²) in [5.41, 5.74) is 4.32. The Morgan fingerprint density at radius 1 is 1.21 bits per heavy atom. The Morgan fingerprint density at radius 2 is 2.04 bits per heavy atom. The molecular weight excluding hydrogens is 352 g/mol. The van der Waals surface area contributed by atoms with Crippen LogP contribution in [0.25, 0.3) is 11.1 Å². The third kappa shape index (κ3) is 2.76. The number of fused-ring (bicyclic) bond motifs is 3. The van der Waals surface area contributed by atoms with Crippen molar-refractivity contribution in [3.05, 3.63) is 48.0 Å². The summed E-state index contributed by atoms with van der Waals surface area (Å²) in [5, 5.41) is 13.4. The molecule has 2 heterocycles. The fourth-order valence-electron chi connectivity index (χ4n) is 4.93. The molecule has 5 heteroatoms. The Hall–Kier alpha value is -2.53. The van der Waals surface area contributed by atoms with Crippen LogP contribution in [-0.2, 0) is 4.79 Å². The largest absolute Gasteiger partial charge is 0.496 e. The zero-order valence-corrected chi connectivity index (χ0v) is 16.1. The molecule has 3 aliphatic rings. The molecule has 0 aromatic heterocycles. The number of anilines is 1. The summed E-state index contributed by atoms with van der Waals surface area (Å²) in [5.74, 6) is 1.59. The van der Waals surface area contributed by atoms with Crippen LogP contribution < -0.4 is 10.1 Å². The summed E-state index contributed by atoms with van der Waals surface area (Å²) in [6, 6.07) is 14.4. The fraction of sp³-hybridized carbons (Fsp3) is 0.435. The minimum absolute atomic E-state index is 0.00776. The molecular formula is C23H26N2O3. The van der Waals surface area contributed by atoms with Gasteiger partial charge in [0.15, 0.2) is 0 Å². The first-order valence-electron chi connectivity index (χ1n) is 10.2. The molecule has 2 N–H and O–H groups in total. The van der Waals surface area contributed by atoms with Gasteiger partial charge in [0.05, 0.1) is 25.8 Å². The summed E-state index contributed by atoms with van der Waals surface area (Å²) in [6.07, 6.45) is 2.96. The number of aliphatic hydroxyl groups is 1. The van der Waals surface area contributed by atoms with E-state index in [1.54, 1.807) is 7.11 Å². The van der Waals surface area contributed by atoms with Gasteiger partial charge in [0.2, 0.25) is 5.91 Å². The number of benzene rings is 2. The molecule has 1 saturated heterocycles. The Bertz CT molecular complexity index is 908. The maximum atomic E-state index is 12.9. The van der Waals surface area contributed by atoms with Gasteiger partial charge in [-0.1, -0.05) is 24.3 Å². The summed E-state index contributed by atoms with van der Waals surface area (Å²) >= 11 is 0. The van der Waals surface area contributed by atoms with Gasteiger partial charge in [-0.3, -0.25) is 4.79 Å². The van der Waals surface area contributed by atoms with Gasteiger partial charge in [0.1, 0.15) is 5.75 Å². The number of para-hydroxylation sites is 1. The lowest BCUT2D eigenvalue weighted by molar-refractivity contribution is -0.134. The molecule has 2 aromatic carbocycles. The minimum Gasteiger partial charge on any atom is -0.496 e. The number of ether oxygens (including phenoxy) is 1. The van der Waals surface area contributed by atoms with E-state index in [1.807, 2.05) is 18.2 Å². The Balaban J connectivity index is 1.59. The van der Waals surface area contributed by atoms with E-state index >= 15 is 0 Å². The van der Waals surface area contributed by atoms with Crippen LogP contribution in [0.4, 0.5) is 5.69 Å². The zero-order valence-electron chi connectivity index (χ0n) is 16.1. The van der Waals surface area contributed by atoms with Crippen LogP contribution in [0.15, 0.2) is 42.5 Å². The summed E-state index contributed by atoms with van der Waals surface area (Å²) in [7, 11) is 1.69. The van der Waals surface area contributed by atoms with Crippen LogP contribution in [-0.4, -0.2) is 42.2 Å². The standard InChI is InChI=1S/C23H26N2O3/c1-28-21-5-3-2-4-16(21)15-8-9-19-18(12-15)22-17(20(13-26)24-19)10-11-25(22)23(27)14-6-7-14/h2-5,8-9,12,14,17,20,22,24,26H,6-7,10-11,13H2,1H3/t17-,20-,22-/m1/s1. The van der Waals surface area contributed by atoms with Crippen molar-refractivity contribution in [1.82, 2.24) is 4.90 Å². The van der Waals surface area contributed by atoms with E-state index in [0.717, 1.165) is 53.9 Å². The van der Waals surface area contributed by atoms with Gasteiger partial charge < -0.3 is 20.1 Å². The number of carbonyl (C=O) groups is 1. The topological polar surface area (TPSA) is 61.8 Å². The highest BCUT2D eigenvalue weighted by atomic mass is 16.5. The smallest absolute Gasteiger partial charge is 0.226 e. The Labute approximate surface area is 165 Å². The number of methoxy groups -OCH3 is 1. The highest BCUT2D eigenvalue weighted by molar-refractivity contribution is 5.83. The van der Waals surface area contributed by atoms with Crippen LogP contribution in [0.5, 0.6) is 5.75 Å². The second-order valence-corrected chi connectivity index (χ2v) is 8.14. The fourth-order valence-corrected chi connectivity index (χ4v) is 4.93. The monoisotopic (exact) mass is 378 g/mol. The molecule has 1 saturated carbocycles. The van der Waals surface area contributed by atoms with Crippen LogP contribution in [0, 0.1) is 11.8 Å². The lowest BCUT2D eigenvalue weighted by atomic mass is 9.82. The lowest BCUT2D eigenvalue weighted by Crippen LogP contribution is -2.43. The van der Waals surface area contributed by atoms with Crippen LogP contribution in [0.1, 0.15) is 30.9 Å². The summed E-state index contributed by atoms with van der Waals surface area (Å²) in [6.45, 7) is 0.863. The second-order valence-electron chi connectivity index (χ2n) is 8.14. The number of nitrogens with zero attached hydrogens (tertiary/aromatic N) is 1. The van der Waals surface area contributed by atoms with Gasteiger partial charge in [-0.15, -0.1) is 0 Å². The minimum atomic E-state index is -0.00776. The summed E-state index contributed by atoms with van der Waals surface area (Å²) < 4.78 is 5.55. The molecule has 0 radical (unpaired) electrons. The third-order valence-corrected chi connectivity index (χ3v) is 6.50. The number of rotatable bonds is 4. The Morgan fingerprint density at radius 3 is 2.79 bits per heavy atom. The summed E-state index contributed by atoms with van der Waals surface area (Å²) in [4.78, 5) is 15.0. The van der Waals surface area contributed by atoms with E-state index in [2.05, 4.69) is 34.5 Å². The van der Waals surface area contributed by atoms with Crippen molar-refractivity contribution in [3.8, 4) is 16.9 Å². The molecule has 28 heavy (non-hydrogen) atoms. The number of aliphatic hydroxyl groups excluding tert-OH is 1. The predicted octanol–water partition coefficient (Wildman–Crippen LogP) is 3.45. The molecule has 0 spiro atoms. The van der Waals surface area contributed by atoms with Gasteiger partial charge in [-0.05, 0) is 48.6 Å². The van der Waals surface area contributed by atoms with Crippen molar-refractivity contribution >= 4 is 11.6 Å². The van der Waals surface area contributed by atoms with Crippen molar-refractivity contribution in [1.29, 1.82) is 0 Å². The normalized spacial score (nSPS) is 25.6. The van der Waals surface area contributed by atoms with Gasteiger partial charge in [-0.2, -0.15) is 0 Å². The first-order valence-corrected chi connectivity index (χ1v) is 10.2. The van der Waals surface area contributed by atoms with E-state index < -0.39 is 0 Å². The molecule has 2 aliphatic heterocycles. The van der Waals surface area contributed by atoms with E-state index in [1.165, 1.54) is 0 Å². The third-order valence-electron chi connectivity index (χ3n) is 6.50. The SMILES string of the molecule is COc1ccccc1-c1ccc2c(c1)[C@H]1[C@H](CCN1C(=O)C1CC1)[C@@H](CO)N2. The number of hydrogen-bond donors (Lipinski definition) is 2. The average molecular weight is 378 g/mol. The molecule has 1 amide bonds. The second kappa shape index (κ2) is 6.82. The quantitative estimate of drug-likeness (QED) is 0.856. The van der Waals surface area contributed by atoms with E-state index in [-0.39, 0.29) is 30.5 Å². The number of amides is 1. The van der Waals surface area contributed by atoms with E-state index in [0.29, 0.717) is 5.91 Å². The van der Waals surface area contributed by atoms with Gasteiger partial charge in [0.25, 0.3) is 0 Å². The molecule has 5 rings (SSSR count). The lowest BCUT2D eigenvalue weighted by Gasteiger charge is -2.39. The Kier molecular flexibility index (Phi) is 4.27. The maximum absolute atomic E-state index is 12.9. The van der Waals surface area contributed by atoms with Crippen molar-refractivity contribution in [2.24, 2.45) is 11.8 Å². The first kappa shape index (κ1) is 17.6. The van der Waals surface area contributed by atoms with Gasteiger partial charge in [-0.25, -0.2) is 0 Å². The average Bonchev–Trinajstić information content (AvgIpc) is 3.50. The number of nitrogens with one attached hydrogen (secondary N) is 1. The zero-order chi connectivity index (χ0) is 19.3. The molecule has 2 aromatic rings. The van der Waals surface area contributed by atoms with Crippen LogP contribution in [0.3, 0.4) is 0 Å². The van der Waals surface area contributed by atoms with E-state index in [4.69, 9.17) is 4.74 Å². The van der Waals surface area contributed by atoms with Crippen molar-refractivity contribution in [2.45, 2.75) is 31.3 Å². The molecule has 146 valence electrons. The van der Waals surface area contributed by atoms with Crippen LogP contribution in [0.2, 0.25) is 0 Å². The van der Waals surface area contributed by atoms with Gasteiger partial charge in [0, 0.05) is 29.6 Å². The van der Waals surface area contributed by atoms with Crippen LogP contribution >= 0.6 is 0 Å². The van der Waals surface area contributed by atoms with E-state index in [9.17, 15) is 9.90 Å². The molecule has 0 unspecified atom stereocenters. The van der Waals surface area contributed by atoms with Crippen molar-refractivity contribution in [3.63, 3.8) is 0 Å². The van der Waals surface area contributed by atoms with Crippen molar-refractivity contribution in [2.75, 3.05) is 25.6 Å². The molecule has 2 fully saturated rings. The number of carbonyl (C=O) groups excluding carboxylic acids is 1. The molecule has 5 nitrogen and oxygen atoms in total. The number of hydrogen-bond acceptors (Lipinski definition) is 4.